The fraction of sp³-hybridized carbons (Fsp3) is 0.500. The van der Waals surface area contributed by atoms with E-state index in [1.165, 1.54) is 6.26 Å². The number of nitrogens with one attached hydrogen (secondary N) is 1. The molecule has 1 fully saturated rings. The van der Waals surface area contributed by atoms with Crippen LogP contribution in [0.25, 0.3) is 0 Å². The number of furan rings is 1. The van der Waals surface area contributed by atoms with Gasteiger partial charge in [0.2, 0.25) is 0 Å². The molecular formula is C16H21N3O3. The number of amides is 3. The van der Waals surface area contributed by atoms with Crippen molar-refractivity contribution in [2.24, 2.45) is 0 Å². The molecule has 1 aromatic rings. The first-order valence-electron chi connectivity index (χ1n) is 7.77. The highest BCUT2D eigenvalue weighted by Gasteiger charge is 2.26. The minimum absolute atomic E-state index is 0.0228. The van der Waals surface area contributed by atoms with Gasteiger partial charge in [0.1, 0.15) is 0 Å². The number of hydrogen-bond acceptors (Lipinski definition) is 3. The molecule has 1 aliphatic heterocycles. The van der Waals surface area contributed by atoms with Gasteiger partial charge in [-0.25, -0.2) is 4.79 Å². The van der Waals surface area contributed by atoms with E-state index in [9.17, 15) is 9.59 Å². The van der Waals surface area contributed by atoms with Crippen LogP contribution in [0.1, 0.15) is 29.8 Å². The zero-order valence-electron chi connectivity index (χ0n) is 12.5. The Kier molecular flexibility index (Phi) is 4.46. The lowest BCUT2D eigenvalue weighted by Crippen LogP contribution is -2.54. The van der Waals surface area contributed by atoms with Crippen molar-refractivity contribution in [3.8, 4) is 0 Å². The van der Waals surface area contributed by atoms with Crippen LogP contribution in [0.2, 0.25) is 0 Å². The van der Waals surface area contributed by atoms with E-state index in [-0.39, 0.29) is 18.0 Å². The second-order valence-corrected chi connectivity index (χ2v) is 5.69. The predicted octanol–water partition coefficient (Wildman–Crippen LogP) is 1.86. The summed E-state index contributed by atoms with van der Waals surface area (Å²) in [6, 6.07) is 3.58. The summed E-state index contributed by atoms with van der Waals surface area (Å²) >= 11 is 0. The Bertz CT molecular complexity index is 545. The lowest BCUT2D eigenvalue weighted by atomic mass is 10.0. The topological polar surface area (TPSA) is 65.8 Å². The minimum Gasteiger partial charge on any atom is -0.459 e. The molecule has 6 nitrogen and oxygen atoms in total. The standard InChI is InChI=1S/C16H21N3O3/c20-15(14-7-4-12-22-14)18-8-10-19(11-9-18)16(21)17-13-5-2-1-3-6-13/h1-2,4,7,12-13H,3,5-6,8-11H2,(H,17,21). The number of allylic oxidation sites excluding steroid dienone is 1. The van der Waals surface area contributed by atoms with Crippen molar-refractivity contribution in [1.29, 1.82) is 0 Å². The fourth-order valence-electron chi connectivity index (χ4n) is 2.86. The summed E-state index contributed by atoms with van der Waals surface area (Å²) in [5, 5.41) is 3.07. The van der Waals surface area contributed by atoms with Gasteiger partial charge in [-0.2, -0.15) is 0 Å². The molecule has 1 N–H and O–H groups in total. The molecular weight excluding hydrogens is 282 g/mol. The van der Waals surface area contributed by atoms with Gasteiger partial charge in [-0.15, -0.1) is 0 Å². The maximum atomic E-state index is 12.2. The van der Waals surface area contributed by atoms with Gasteiger partial charge in [-0.3, -0.25) is 4.79 Å². The third kappa shape index (κ3) is 3.32. The fourth-order valence-corrected chi connectivity index (χ4v) is 2.86. The van der Waals surface area contributed by atoms with Gasteiger partial charge >= 0.3 is 6.03 Å². The van der Waals surface area contributed by atoms with Crippen molar-refractivity contribution in [1.82, 2.24) is 15.1 Å². The van der Waals surface area contributed by atoms with Crippen molar-refractivity contribution < 1.29 is 14.0 Å². The molecule has 3 rings (SSSR count). The summed E-state index contributed by atoms with van der Waals surface area (Å²) in [5.41, 5.74) is 0. The molecule has 1 atom stereocenters. The minimum atomic E-state index is -0.109. The molecule has 6 heteroatoms. The van der Waals surface area contributed by atoms with Gasteiger partial charge in [0.25, 0.3) is 5.91 Å². The first-order valence-corrected chi connectivity index (χ1v) is 7.77. The van der Waals surface area contributed by atoms with E-state index in [0.29, 0.717) is 31.9 Å². The summed E-state index contributed by atoms with van der Waals surface area (Å²) in [5.74, 6) is 0.245. The van der Waals surface area contributed by atoms with Crippen LogP contribution in [0, 0.1) is 0 Å². The molecule has 118 valence electrons. The number of piperazine rings is 1. The number of hydrogen-bond donors (Lipinski definition) is 1. The maximum absolute atomic E-state index is 12.2. The zero-order valence-corrected chi connectivity index (χ0v) is 12.5. The second-order valence-electron chi connectivity index (χ2n) is 5.69. The Morgan fingerprint density at radius 1 is 1.14 bits per heavy atom. The van der Waals surface area contributed by atoms with Crippen LogP contribution in [0.15, 0.2) is 35.0 Å². The van der Waals surface area contributed by atoms with Crippen LogP contribution in [0.5, 0.6) is 0 Å². The van der Waals surface area contributed by atoms with Crippen molar-refractivity contribution >= 4 is 11.9 Å². The molecule has 0 bridgehead atoms. The molecule has 1 saturated heterocycles. The first kappa shape index (κ1) is 14.7. The van der Waals surface area contributed by atoms with Crippen molar-refractivity contribution in [3.63, 3.8) is 0 Å². The molecule has 0 aromatic carbocycles. The van der Waals surface area contributed by atoms with Crippen LogP contribution >= 0.6 is 0 Å². The highest BCUT2D eigenvalue weighted by atomic mass is 16.3. The number of nitrogens with zero attached hydrogens (tertiary/aromatic N) is 2. The van der Waals surface area contributed by atoms with E-state index >= 15 is 0 Å². The Balaban J connectivity index is 1.48. The van der Waals surface area contributed by atoms with Crippen molar-refractivity contribution in [3.05, 3.63) is 36.3 Å². The van der Waals surface area contributed by atoms with E-state index in [1.54, 1.807) is 21.9 Å². The van der Waals surface area contributed by atoms with Gasteiger partial charge < -0.3 is 19.5 Å². The molecule has 1 unspecified atom stereocenters. The second kappa shape index (κ2) is 6.68. The lowest BCUT2D eigenvalue weighted by molar-refractivity contribution is 0.0632. The number of rotatable bonds is 2. The predicted molar refractivity (Wildman–Crippen MR) is 81.5 cm³/mol. The van der Waals surface area contributed by atoms with Gasteiger partial charge in [0.15, 0.2) is 5.76 Å². The van der Waals surface area contributed by atoms with E-state index in [1.807, 2.05) is 0 Å². The van der Waals surface area contributed by atoms with E-state index in [0.717, 1.165) is 19.3 Å². The van der Waals surface area contributed by atoms with Crippen LogP contribution in [0.3, 0.4) is 0 Å². The lowest BCUT2D eigenvalue weighted by Gasteiger charge is -2.35. The Labute approximate surface area is 129 Å². The quantitative estimate of drug-likeness (QED) is 0.848. The SMILES string of the molecule is O=C(NC1CC=CCC1)N1CCN(C(=O)c2ccco2)CC1. The van der Waals surface area contributed by atoms with E-state index in [4.69, 9.17) is 4.42 Å². The Morgan fingerprint density at radius 2 is 1.91 bits per heavy atom. The van der Waals surface area contributed by atoms with E-state index in [2.05, 4.69) is 17.5 Å². The van der Waals surface area contributed by atoms with Gasteiger partial charge in [-0.1, -0.05) is 12.2 Å². The maximum Gasteiger partial charge on any atom is 0.317 e. The van der Waals surface area contributed by atoms with Crippen molar-refractivity contribution in [2.75, 3.05) is 26.2 Å². The normalized spacial score (nSPS) is 21.7. The Hall–Kier alpha value is -2.24. The largest absolute Gasteiger partial charge is 0.459 e. The molecule has 3 amide bonds. The van der Waals surface area contributed by atoms with Gasteiger partial charge in [0, 0.05) is 32.2 Å². The first-order chi connectivity index (χ1) is 10.7. The number of urea groups is 1. The summed E-state index contributed by atoms with van der Waals surface area (Å²) in [7, 11) is 0. The molecule has 2 aliphatic rings. The highest BCUT2D eigenvalue weighted by molar-refractivity contribution is 5.91. The monoisotopic (exact) mass is 303 g/mol. The average molecular weight is 303 g/mol. The average Bonchev–Trinajstić information content (AvgIpc) is 3.10. The van der Waals surface area contributed by atoms with Crippen LogP contribution in [0.4, 0.5) is 4.79 Å². The highest BCUT2D eigenvalue weighted by Crippen LogP contribution is 2.12. The van der Waals surface area contributed by atoms with Crippen molar-refractivity contribution in [2.45, 2.75) is 25.3 Å². The Morgan fingerprint density at radius 3 is 2.55 bits per heavy atom. The van der Waals surface area contributed by atoms with Gasteiger partial charge in [-0.05, 0) is 31.4 Å². The number of carbonyl (C=O) groups is 2. The molecule has 0 saturated carbocycles. The summed E-state index contributed by atoms with van der Waals surface area (Å²) < 4.78 is 5.13. The van der Waals surface area contributed by atoms with E-state index < -0.39 is 0 Å². The molecule has 1 aromatic heterocycles. The van der Waals surface area contributed by atoms with Crippen LogP contribution in [-0.2, 0) is 0 Å². The zero-order chi connectivity index (χ0) is 15.4. The summed E-state index contributed by atoms with van der Waals surface area (Å²) in [4.78, 5) is 27.9. The molecule has 0 spiro atoms. The summed E-state index contributed by atoms with van der Waals surface area (Å²) in [6.45, 7) is 2.19. The molecule has 1 aliphatic carbocycles. The van der Waals surface area contributed by atoms with Gasteiger partial charge in [0.05, 0.1) is 6.26 Å². The molecule has 22 heavy (non-hydrogen) atoms. The molecule has 2 heterocycles. The molecule has 0 radical (unpaired) electrons. The summed E-state index contributed by atoms with van der Waals surface area (Å²) in [6.07, 6.45) is 8.70. The smallest absolute Gasteiger partial charge is 0.317 e. The number of carbonyl (C=O) groups excluding carboxylic acids is 2. The third-order valence-corrected chi connectivity index (χ3v) is 4.18. The third-order valence-electron chi connectivity index (χ3n) is 4.18. The van der Waals surface area contributed by atoms with Crippen LogP contribution < -0.4 is 5.32 Å². The van der Waals surface area contributed by atoms with Crippen LogP contribution in [-0.4, -0.2) is 54.0 Å².